The molecule has 2 heterocycles. The van der Waals surface area contributed by atoms with Gasteiger partial charge in [-0.05, 0) is 6.08 Å². The van der Waals surface area contributed by atoms with Crippen molar-refractivity contribution in [3.63, 3.8) is 0 Å². The van der Waals surface area contributed by atoms with Crippen molar-refractivity contribution in [3.8, 4) is 0 Å². The van der Waals surface area contributed by atoms with E-state index in [1.807, 2.05) is 6.08 Å². The fourth-order valence-corrected chi connectivity index (χ4v) is 1.01. The zero-order valence-corrected chi connectivity index (χ0v) is 4.89. The molecule has 0 bridgehead atoms. The van der Waals surface area contributed by atoms with E-state index in [-0.39, 0.29) is 0 Å². The Labute approximate surface area is 53.0 Å². The second-order valence-corrected chi connectivity index (χ2v) is 2.09. The minimum Gasteiger partial charge on any atom is -0.400 e. The summed E-state index contributed by atoms with van der Waals surface area (Å²) < 4.78 is 0. The average molecular weight is 121 g/mol. The summed E-state index contributed by atoms with van der Waals surface area (Å²) in [7, 11) is 0. The Morgan fingerprint density at radius 1 is 1.67 bits per heavy atom. The maximum atomic E-state index is 5.60. The smallest absolute Gasteiger partial charge is 0.135 e. The Balaban J connectivity index is 2.52. The Morgan fingerprint density at radius 3 is 3.33 bits per heavy atom. The van der Waals surface area contributed by atoms with Crippen molar-refractivity contribution < 1.29 is 0 Å². The van der Waals surface area contributed by atoms with E-state index < -0.39 is 0 Å². The van der Waals surface area contributed by atoms with Crippen molar-refractivity contribution in [3.05, 3.63) is 23.5 Å². The molecule has 0 saturated carbocycles. The van der Waals surface area contributed by atoms with Gasteiger partial charge in [-0.15, -0.1) is 0 Å². The van der Waals surface area contributed by atoms with Gasteiger partial charge in [0.25, 0.3) is 0 Å². The predicted octanol–water partition coefficient (Wildman–Crippen LogP) is -0.272. The number of nitrogens with two attached hydrogens (primary N) is 1. The average Bonchev–Trinajstić information content (AvgIpc) is 2.35. The van der Waals surface area contributed by atoms with Gasteiger partial charge in [-0.25, -0.2) is 4.99 Å². The van der Waals surface area contributed by atoms with Gasteiger partial charge in [0.05, 0.1) is 6.54 Å². The molecule has 3 N–H and O–H groups in total. The number of rotatable bonds is 0. The molecule has 3 nitrogen and oxygen atoms in total. The second kappa shape index (κ2) is 1.37. The van der Waals surface area contributed by atoms with Crippen molar-refractivity contribution in [2.24, 2.45) is 10.7 Å². The van der Waals surface area contributed by atoms with Gasteiger partial charge in [0.15, 0.2) is 0 Å². The summed E-state index contributed by atoms with van der Waals surface area (Å²) >= 11 is 0. The van der Waals surface area contributed by atoms with E-state index in [1.165, 1.54) is 0 Å². The number of amidine groups is 1. The third kappa shape index (κ3) is 0.483. The van der Waals surface area contributed by atoms with E-state index in [0.717, 1.165) is 23.7 Å². The molecule has 0 unspecified atom stereocenters. The molecule has 0 aromatic carbocycles. The number of fused-ring (bicyclic) bond motifs is 1. The highest BCUT2D eigenvalue weighted by atomic mass is 15.0. The van der Waals surface area contributed by atoms with Crippen molar-refractivity contribution >= 4 is 5.84 Å². The van der Waals surface area contributed by atoms with Crippen LogP contribution in [-0.2, 0) is 0 Å². The molecule has 0 saturated heterocycles. The van der Waals surface area contributed by atoms with Gasteiger partial charge >= 0.3 is 0 Å². The Kier molecular flexibility index (Phi) is 0.704. The summed E-state index contributed by atoms with van der Waals surface area (Å²) in [4.78, 5) is 4.04. The summed E-state index contributed by atoms with van der Waals surface area (Å²) in [5, 5.41) is 3.06. The van der Waals surface area contributed by atoms with Crippen LogP contribution in [0.15, 0.2) is 28.5 Å². The van der Waals surface area contributed by atoms with Crippen LogP contribution in [0.2, 0.25) is 0 Å². The van der Waals surface area contributed by atoms with E-state index in [9.17, 15) is 0 Å². The fourth-order valence-electron chi connectivity index (χ4n) is 1.01. The minimum atomic E-state index is 0.749. The first-order valence-corrected chi connectivity index (χ1v) is 2.85. The summed E-state index contributed by atoms with van der Waals surface area (Å²) in [6, 6.07) is 0. The highest BCUT2D eigenvalue weighted by Crippen LogP contribution is 2.13. The lowest BCUT2D eigenvalue weighted by Crippen LogP contribution is -2.17. The van der Waals surface area contributed by atoms with E-state index in [0.29, 0.717) is 0 Å². The van der Waals surface area contributed by atoms with Gasteiger partial charge in [0.1, 0.15) is 5.84 Å². The molecule has 46 valence electrons. The molecular formula is C6H7N3. The Hall–Kier alpha value is -1.25. The van der Waals surface area contributed by atoms with Crippen LogP contribution in [0.25, 0.3) is 0 Å². The highest BCUT2D eigenvalue weighted by molar-refractivity contribution is 6.05. The van der Waals surface area contributed by atoms with Gasteiger partial charge in [-0.2, -0.15) is 0 Å². The molecular weight excluding hydrogens is 114 g/mol. The van der Waals surface area contributed by atoms with Gasteiger partial charge in [-0.3, -0.25) is 0 Å². The molecule has 2 rings (SSSR count). The lowest BCUT2D eigenvalue weighted by atomic mass is 10.2. The van der Waals surface area contributed by atoms with Gasteiger partial charge in [0.2, 0.25) is 0 Å². The molecule has 0 aromatic rings. The zero-order chi connectivity index (χ0) is 6.27. The van der Waals surface area contributed by atoms with E-state index in [4.69, 9.17) is 5.73 Å². The summed E-state index contributed by atoms with van der Waals surface area (Å²) in [6.07, 6.45) is 3.67. The van der Waals surface area contributed by atoms with Gasteiger partial charge in [-0.1, -0.05) is 0 Å². The van der Waals surface area contributed by atoms with Crippen LogP contribution < -0.4 is 11.1 Å². The normalized spacial score (nSPS) is 22.0. The lowest BCUT2D eigenvalue weighted by molar-refractivity contribution is 1.01. The van der Waals surface area contributed by atoms with Crippen LogP contribution >= 0.6 is 0 Å². The summed E-state index contributed by atoms with van der Waals surface area (Å²) in [5.41, 5.74) is 7.56. The first kappa shape index (κ1) is 4.61. The standard InChI is InChI=1S/C6H7N3/c7-5-3-9-6-4(5)1-2-8-6/h1-2H,3,7H2,(H,8,9). The number of hydrogen-bond donors (Lipinski definition) is 2. The highest BCUT2D eigenvalue weighted by Gasteiger charge is 2.17. The number of aliphatic imine (C=N–C) groups is 1. The van der Waals surface area contributed by atoms with Gasteiger partial charge in [0, 0.05) is 17.5 Å². The van der Waals surface area contributed by atoms with Crippen LogP contribution in [0.5, 0.6) is 0 Å². The Morgan fingerprint density at radius 2 is 2.56 bits per heavy atom. The minimum absolute atomic E-state index is 0.749. The number of nitrogens with one attached hydrogen (secondary N) is 1. The topological polar surface area (TPSA) is 50.4 Å². The molecule has 0 radical (unpaired) electrons. The van der Waals surface area contributed by atoms with Gasteiger partial charge < -0.3 is 11.1 Å². The van der Waals surface area contributed by atoms with E-state index >= 15 is 0 Å². The van der Waals surface area contributed by atoms with E-state index in [1.54, 1.807) is 6.20 Å². The third-order valence-corrected chi connectivity index (χ3v) is 1.49. The zero-order valence-electron chi connectivity index (χ0n) is 4.89. The molecule has 0 atom stereocenters. The first-order valence-electron chi connectivity index (χ1n) is 2.85. The molecule has 0 aromatic heterocycles. The number of hydrogen-bond acceptors (Lipinski definition) is 3. The monoisotopic (exact) mass is 121 g/mol. The molecule has 2 aliphatic rings. The van der Waals surface area contributed by atoms with E-state index in [2.05, 4.69) is 10.3 Å². The molecule has 0 amide bonds. The van der Waals surface area contributed by atoms with Crippen molar-refractivity contribution in [2.75, 3.05) is 6.54 Å². The summed E-state index contributed by atoms with van der Waals surface area (Å²) in [5.74, 6) is 0.924. The maximum absolute atomic E-state index is 5.60. The molecule has 0 spiro atoms. The molecule has 9 heavy (non-hydrogen) atoms. The predicted molar refractivity (Wildman–Crippen MR) is 35.8 cm³/mol. The quantitative estimate of drug-likeness (QED) is 0.463. The largest absolute Gasteiger partial charge is 0.400 e. The van der Waals surface area contributed by atoms with Crippen molar-refractivity contribution in [2.45, 2.75) is 0 Å². The van der Waals surface area contributed by atoms with Crippen LogP contribution in [0.4, 0.5) is 0 Å². The SMILES string of the molecule is NC1=C2C=CN=C2NC1. The van der Waals surface area contributed by atoms with Crippen LogP contribution in [0.3, 0.4) is 0 Å². The third-order valence-electron chi connectivity index (χ3n) is 1.49. The second-order valence-electron chi connectivity index (χ2n) is 2.09. The molecule has 2 aliphatic heterocycles. The van der Waals surface area contributed by atoms with Crippen LogP contribution in [0, 0.1) is 0 Å². The maximum Gasteiger partial charge on any atom is 0.135 e. The van der Waals surface area contributed by atoms with Crippen molar-refractivity contribution in [1.82, 2.24) is 5.32 Å². The van der Waals surface area contributed by atoms with Crippen molar-refractivity contribution in [1.29, 1.82) is 0 Å². The lowest BCUT2D eigenvalue weighted by Gasteiger charge is -1.89. The van der Waals surface area contributed by atoms with Crippen LogP contribution in [-0.4, -0.2) is 12.4 Å². The van der Waals surface area contributed by atoms with Crippen LogP contribution in [0.1, 0.15) is 0 Å². The molecule has 3 heteroatoms. The molecule has 0 aliphatic carbocycles. The first-order chi connectivity index (χ1) is 4.38. The summed E-state index contributed by atoms with van der Waals surface area (Å²) in [6.45, 7) is 0.749. The number of nitrogens with zero attached hydrogens (tertiary/aromatic N) is 1. The molecule has 0 fully saturated rings. The fraction of sp³-hybridized carbons (Fsp3) is 0.167. The Bertz CT molecular complexity index is 235.